The van der Waals surface area contributed by atoms with Crippen molar-refractivity contribution in [3.8, 4) is 0 Å². The van der Waals surface area contributed by atoms with Crippen LogP contribution in [0.3, 0.4) is 0 Å². The molecule has 10 nitrogen and oxygen atoms in total. The van der Waals surface area contributed by atoms with Crippen molar-refractivity contribution in [2.75, 3.05) is 31.2 Å². The van der Waals surface area contributed by atoms with E-state index in [4.69, 9.17) is 4.74 Å². The van der Waals surface area contributed by atoms with Crippen molar-refractivity contribution >= 4 is 54.9 Å². The highest BCUT2D eigenvalue weighted by Gasteiger charge is 2.23. The molecule has 6 rings (SSSR count). The number of allylic oxidation sites excluding steroid dienone is 1. The molecule has 11 heteroatoms. The Morgan fingerprint density at radius 3 is 2.49 bits per heavy atom. The number of hydrogen-bond donors (Lipinski definition) is 0. The van der Waals surface area contributed by atoms with Crippen molar-refractivity contribution in [3.05, 3.63) is 113 Å². The number of morpholine rings is 1. The number of nitrogens with zero attached hydrogens (tertiary/aromatic N) is 4. The van der Waals surface area contributed by atoms with Gasteiger partial charge in [0.1, 0.15) is 0 Å². The second-order valence-corrected chi connectivity index (χ2v) is 11.4. The van der Waals surface area contributed by atoms with Crippen LogP contribution in [-0.2, 0) is 14.8 Å². The molecule has 0 unspecified atom stereocenters. The summed E-state index contributed by atoms with van der Waals surface area (Å²) in [6.45, 7) is 2.58. The Balaban J connectivity index is 1.45. The van der Waals surface area contributed by atoms with Gasteiger partial charge in [-0.05, 0) is 47.9 Å². The van der Waals surface area contributed by atoms with E-state index in [2.05, 4.69) is 9.88 Å². The van der Waals surface area contributed by atoms with Crippen molar-refractivity contribution < 1.29 is 22.9 Å². The summed E-state index contributed by atoms with van der Waals surface area (Å²) in [6, 6.07) is 17.7. The monoisotopic (exact) mass is 568 g/mol. The maximum Gasteiger partial charge on any atom is 0.269 e. The Morgan fingerprint density at radius 1 is 0.976 bits per heavy atom. The molecule has 2 aromatic heterocycles. The molecule has 1 fully saturated rings. The third-order valence-electron chi connectivity index (χ3n) is 7.11. The van der Waals surface area contributed by atoms with Gasteiger partial charge in [0.15, 0.2) is 5.78 Å². The van der Waals surface area contributed by atoms with Gasteiger partial charge < -0.3 is 9.64 Å². The van der Waals surface area contributed by atoms with Crippen molar-refractivity contribution in [1.82, 2.24) is 8.96 Å². The number of carbonyl (C=O) groups is 1. The van der Waals surface area contributed by atoms with E-state index in [0.717, 1.165) is 32.6 Å². The minimum atomic E-state index is -4.11. The molecule has 0 aliphatic carbocycles. The van der Waals surface area contributed by atoms with Gasteiger partial charge in [-0.1, -0.05) is 24.3 Å². The van der Waals surface area contributed by atoms with Crippen LogP contribution in [0.5, 0.6) is 0 Å². The van der Waals surface area contributed by atoms with Gasteiger partial charge in [0.05, 0.1) is 28.5 Å². The molecule has 0 spiro atoms. The zero-order chi connectivity index (χ0) is 28.6. The van der Waals surface area contributed by atoms with Crippen molar-refractivity contribution in [2.24, 2.45) is 0 Å². The number of pyridine rings is 1. The van der Waals surface area contributed by atoms with Crippen LogP contribution in [0.4, 0.5) is 11.4 Å². The maximum atomic E-state index is 13.7. The lowest BCUT2D eigenvalue weighted by Gasteiger charge is -2.29. The topological polar surface area (TPSA) is 125 Å². The largest absolute Gasteiger partial charge is 0.378 e. The molecule has 3 aromatic carbocycles. The number of fused-ring (bicyclic) bond motifs is 2. The quantitative estimate of drug-likeness (QED) is 0.115. The van der Waals surface area contributed by atoms with E-state index in [1.807, 2.05) is 36.4 Å². The van der Waals surface area contributed by atoms with Gasteiger partial charge in [-0.3, -0.25) is 19.9 Å². The van der Waals surface area contributed by atoms with Crippen LogP contribution in [0.2, 0.25) is 0 Å². The fourth-order valence-electron chi connectivity index (χ4n) is 4.98. The van der Waals surface area contributed by atoms with Gasteiger partial charge in [-0.2, -0.15) is 0 Å². The van der Waals surface area contributed by atoms with E-state index in [1.54, 1.807) is 18.3 Å². The molecule has 5 aromatic rings. The van der Waals surface area contributed by atoms with Gasteiger partial charge in [-0.25, -0.2) is 12.4 Å². The summed E-state index contributed by atoms with van der Waals surface area (Å²) >= 11 is 0. The Kier molecular flexibility index (Phi) is 6.82. The highest BCUT2D eigenvalue weighted by molar-refractivity contribution is 7.90. The number of anilines is 1. The lowest BCUT2D eigenvalue weighted by molar-refractivity contribution is -0.384. The number of nitro benzene ring substituents is 1. The number of carbonyl (C=O) groups excluding carboxylic acids is 1. The molecule has 1 aliphatic heterocycles. The molecule has 0 radical (unpaired) electrons. The van der Waals surface area contributed by atoms with Gasteiger partial charge in [0.25, 0.3) is 15.7 Å². The highest BCUT2D eigenvalue weighted by atomic mass is 32.2. The van der Waals surface area contributed by atoms with Crippen LogP contribution >= 0.6 is 0 Å². The van der Waals surface area contributed by atoms with Gasteiger partial charge in [0.2, 0.25) is 0 Å². The van der Waals surface area contributed by atoms with E-state index >= 15 is 0 Å². The zero-order valence-electron chi connectivity index (χ0n) is 21.7. The number of rotatable bonds is 7. The Labute approximate surface area is 235 Å². The molecular formula is C30H24N4O6S. The first-order chi connectivity index (χ1) is 19.8. The van der Waals surface area contributed by atoms with Crippen LogP contribution in [0.1, 0.15) is 15.9 Å². The molecule has 1 saturated heterocycles. The summed E-state index contributed by atoms with van der Waals surface area (Å²) in [7, 11) is -4.11. The zero-order valence-corrected chi connectivity index (χ0v) is 22.5. The Bertz CT molecular complexity index is 1940. The minimum Gasteiger partial charge on any atom is -0.378 e. The number of ether oxygens (including phenoxy) is 1. The molecule has 0 atom stereocenters. The summed E-state index contributed by atoms with van der Waals surface area (Å²) in [6.07, 6.45) is 7.71. The van der Waals surface area contributed by atoms with Gasteiger partial charge in [-0.15, -0.1) is 0 Å². The summed E-state index contributed by atoms with van der Waals surface area (Å²) in [5.74, 6) is -0.266. The molecular weight excluding hydrogens is 544 g/mol. The lowest BCUT2D eigenvalue weighted by atomic mass is 10.0. The summed E-state index contributed by atoms with van der Waals surface area (Å²) in [5, 5.41) is 13.3. The SMILES string of the molecule is O=C(/C=C/c1cn(S(=O)(=O)c2ccc([N+](=O)[O-])cc2)c2ccc(N3CCOCC3)cc12)c1cncc2ccccc12. The number of aromatic nitrogens is 2. The Morgan fingerprint density at radius 2 is 1.73 bits per heavy atom. The minimum absolute atomic E-state index is 0.0920. The van der Waals surface area contributed by atoms with Crippen molar-refractivity contribution in [3.63, 3.8) is 0 Å². The number of non-ortho nitro benzene ring substituents is 1. The molecule has 3 heterocycles. The first-order valence-corrected chi connectivity index (χ1v) is 14.3. The lowest BCUT2D eigenvalue weighted by Crippen LogP contribution is -2.36. The number of hydrogen-bond acceptors (Lipinski definition) is 8. The average molecular weight is 569 g/mol. The molecule has 1 aliphatic rings. The van der Waals surface area contributed by atoms with Crippen LogP contribution in [-0.4, -0.2) is 54.4 Å². The van der Waals surface area contributed by atoms with E-state index < -0.39 is 14.9 Å². The van der Waals surface area contributed by atoms with Gasteiger partial charge >= 0.3 is 0 Å². The maximum absolute atomic E-state index is 13.7. The first kappa shape index (κ1) is 26.4. The third kappa shape index (κ3) is 4.96. The van der Waals surface area contributed by atoms with Crippen LogP contribution in [0.15, 0.2) is 96.3 Å². The van der Waals surface area contributed by atoms with E-state index in [9.17, 15) is 23.3 Å². The molecule has 0 bridgehead atoms. The van der Waals surface area contributed by atoms with E-state index in [1.165, 1.54) is 30.6 Å². The predicted molar refractivity (Wildman–Crippen MR) is 156 cm³/mol. The van der Waals surface area contributed by atoms with Crippen LogP contribution < -0.4 is 4.90 Å². The summed E-state index contributed by atoms with van der Waals surface area (Å²) in [5.41, 5.74) is 2.09. The second-order valence-electron chi connectivity index (χ2n) is 9.54. The first-order valence-electron chi connectivity index (χ1n) is 12.9. The van der Waals surface area contributed by atoms with Crippen molar-refractivity contribution in [2.45, 2.75) is 4.90 Å². The number of nitro groups is 1. The molecule has 0 saturated carbocycles. The number of ketones is 1. The second kappa shape index (κ2) is 10.6. The average Bonchev–Trinajstić information content (AvgIpc) is 3.38. The summed E-state index contributed by atoms with van der Waals surface area (Å²) in [4.78, 5) is 30.0. The summed E-state index contributed by atoms with van der Waals surface area (Å²) < 4.78 is 34.0. The highest BCUT2D eigenvalue weighted by Crippen LogP contribution is 2.31. The predicted octanol–water partition coefficient (Wildman–Crippen LogP) is 5.07. The van der Waals surface area contributed by atoms with Gasteiger partial charge in [0, 0.05) is 71.4 Å². The third-order valence-corrected chi connectivity index (χ3v) is 8.80. The molecule has 0 N–H and O–H groups in total. The number of benzene rings is 3. The molecule has 0 amide bonds. The molecule has 206 valence electrons. The van der Waals surface area contributed by atoms with E-state index in [0.29, 0.717) is 48.3 Å². The molecule has 41 heavy (non-hydrogen) atoms. The fraction of sp³-hybridized carbons (Fsp3) is 0.133. The van der Waals surface area contributed by atoms with Crippen LogP contribution in [0.25, 0.3) is 27.8 Å². The van der Waals surface area contributed by atoms with Crippen LogP contribution in [0, 0.1) is 10.1 Å². The smallest absolute Gasteiger partial charge is 0.269 e. The Hall–Kier alpha value is -4.87. The van der Waals surface area contributed by atoms with E-state index in [-0.39, 0.29) is 16.4 Å². The standard InChI is InChI=1S/C30H24N4O6S/c35-30(28-19-31-18-21-3-1-2-4-26(21)28)12-5-22-20-33(41(38,39)25-9-6-23(7-10-25)34(36)37)29-11-8-24(17-27(22)29)32-13-15-40-16-14-32/h1-12,17-20H,13-16H2/b12-5+. The fourth-order valence-corrected chi connectivity index (χ4v) is 6.36. The normalized spacial score (nSPS) is 14.2. The van der Waals surface area contributed by atoms with Crippen molar-refractivity contribution in [1.29, 1.82) is 0 Å².